The number of nitrogens with zero attached hydrogens (tertiary/aromatic N) is 1. The number of halogens is 2. The van der Waals surface area contributed by atoms with E-state index in [9.17, 15) is 13.9 Å². The second-order valence-corrected chi connectivity index (χ2v) is 4.37. The van der Waals surface area contributed by atoms with Crippen LogP contribution in [0.4, 0.5) is 8.78 Å². The molecule has 0 fully saturated rings. The summed E-state index contributed by atoms with van der Waals surface area (Å²) in [6.07, 6.45) is 2.45. The summed E-state index contributed by atoms with van der Waals surface area (Å²) in [4.78, 5) is 3.94. The van der Waals surface area contributed by atoms with Gasteiger partial charge < -0.3 is 9.84 Å². The van der Waals surface area contributed by atoms with Gasteiger partial charge in [-0.1, -0.05) is 6.92 Å². The Bertz CT molecular complexity index is 590. The van der Waals surface area contributed by atoms with Crippen molar-refractivity contribution in [3.8, 4) is 5.75 Å². The number of ether oxygens (including phenoxy) is 1. The van der Waals surface area contributed by atoms with Crippen molar-refractivity contribution in [2.24, 2.45) is 0 Å². The summed E-state index contributed by atoms with van der Waals surface area (Å²) in [6, 6.07) is 4.53. The van der Waals surface area contributed by atoms with Crippen LogP contribution >= 0.6 is 0 Å². The highest BCUT2D eigenvalue weighted by Crippen LogP contribution is 2.26. The predicted molar refractivity (Wildman–Crippen MR) is 70.4 cm³/mol. The Morgan fingerprint density at radius 1 is 1.25 bits per heavy atom. The first-order valence-corrected chi connectivity index (χ1v) is 6.32. The lowest BCUT2D eigenvalue weighted by Crippen LogP contribution is -2.05. The highest BCUT2D eigenvalue weighted by Gasteiger charge is 2.17. The molecule has 0 spiro atoms. The van der Waals surface area contributed by atoms with Crippen molar-refractivity contribution in [3.05, 3.63) is 59.4 Å². The maximum atomic E-state index is 13.6. The molecule has 106 valence electrons. The van der Waals surface area contributed by atoms with E-state index in [1.165, 1.54) is 12.4 Å². The molecular formula is C15H15F2NO2. The molecule has 0 aliphatic rings. The van der Waals surface area contributed by atoms with Gasteiger partial charge in [0.1, 0.15) is 23.5 Å². The molecule has 1 aromatic carbocycles. The molecule has 20 heavy (non-hydrogen) atoms. The molecule has 1 aromatic heterocycles. The summed E-state index contributed by atoms with van der Waals surface area (Å²) in [6.45, 7) is 2.49. The minimum absolute atomic E-state index is 0.126. The van der Waals surface area contributed by atoms with Crippen LogP contribution in [0.3, 0.4) is 0 Å². The quantitative estimate of drug-likeness (QED) is 0.913. The average molecular weight is 279 g/mol. The van der Waals surface area contributed by atoms with Crippen molar-refractivity contribution in [2.75, 3.05) is 6.61 Å². The lowest BCUT2D eigenvalue weighted by molar-refractivity contribution is 0.213. The molecule has 0 saturated heterocycles. The van der Waals surface area contributed by atoms with Gasteiger partial charge in [-0.2, -0.15) is 0 Å². The zero-order valence-corrected chi connectivity index (χ0v) is 11.0. The van der Waals surface area contributed by atoms with E-state index >= 15 is 0 Å². The maximum Gasteiger partial charge on any atom is 0.137 e. The van der Waals surface area contributed by atoms with Gasteiger partial charge >= 0.3 is 0 Å². The Balaban J connectivity index is 2.28. The third kappa shape index (κ3) is 3.30. The van der Waals surface area contributed by atoms with Gasteiger partial charge in [-0.05, 0) is 30.7 Å². The summed E-state index contributed by atoms with van der Waals surface area (Å²) < 4.78 is 32.2. The third-order valence-corrected chi connectivity index (χ3v) is 2.78. The smallest absolute Gasteiger partial charge is 0.137 e. The summed E-state index contributed by atoms with van der Waals surface area (Å²) in [5.74, 6) is -0.786. The molecule has 0 radical (unpaired) electrons. The summed E-state index contributed by atoms with van der Waals surface area (Å²) in [7, 11) is 0. The molecule has 0 saturated carbocycles. The number of benzene rings is 1. The number of pyridine rings is 1. The second kappa shape index (κ2) is 6.43. The van der Waals surface area contributed by atoms with Crippen molar-refractivity contribution < 1.29 is 18.6 Å². The standard InChI is InChI=1S/C15H15F2NO2/c1-2-5-20-12-6-10(8-18-9-12)15(19)13-7-11(16)3-4-14(13)17/h3-4,6-9,15,19H,2,5H2,1H3. The second-order valence-electron chi connectivity index (χ2n) is 4.37. The van der Waals surface area contributed by atoms with Gasteiger partial charge in [0.15, 0.2) is 0 Å². The van der Waals surface area contributed by atoms with Gasteiger partial charge in [-0.3, -0.25) is 4.98 Å². The van der Waals surface area contributed by atoms with E-state index in [4.69, 9.17) is 4.74 Å². The molecule has 2 rings (SSSR count). The molecular weight excluding hydrogens is 264 g/mol. The fraction of sp³-hybridized carbons (Fsp3) is 0.267. The van der Waals surface area contributed by atoms with Gasteiger partial charge in [-0.15, -0.1) is 0 Å². The van der Waals surface area contributed by atoms with Crippen molar-refractivity contribution >= 4 is 0 Å². The molecule has 1 N–H and O–H groups in total. The van der Waals surface area contributed by atoms with Crippen LogP contribution < -0.4 is 4.74 Å². The first-order valence-electron chi connectivity index (χ1n) is 6.32. The minimum Gasteiger partial charge on any atom is -0.492 e. The van der Waals surface area contributed by atoms with Crippen LogP contribution in [-0.2, 0) is 0 Å². The Kier molecular flexibility index (Phi) is 4.63. The Labute approximate surface area is 115 Å². The zero-order valence-electron chi connectivity index (χ0n) is 11.0. The molecule has 0 bridgehead atoms. The molecule has 0 aliphatic heterocycles. The van der Waals surface area contributed by atoms with E-state index in [1.807, 2.05) is 6.92 Å². The van der Waals surface area contributed by atoms with E-state index in [0.717, 1.165) is 24.6 Å². The van der Waals surface area contributed by atoms with Gasteiger partial charge in [-0.25, -0.2) is 8.78 Å². The van der Waals surface area contributed by atoms with Crippen LogP contribution in [0.1, 0.15) is 30.6 Å². The van der Waals surface area contributed by atoms with Crippen LogP contribution in [0.15, 0.2) is 36.7 Å². The van der Waals surface area contributed by atoms with E-state index in [-0.39, 0.29) is 5.56 Å². The normalized spacial score (nSPS) is 12.2. The van der Waals surface area contributed by atoms with Crippen LogP contribution in [0.2, 0.25) is 0 Å². The first-order chi connectivity index (χ1) is 9.61. The highest BCUT2D eigenvalue weighted by molar-refractivity contribution is 5.33. The third-order valence-electron chi connectivity index (χ3n) is 2.78. The lowest BCUT2D eigenvalue weighted by Gasteiger charge is -2.13. The maximum absolute atomic E-state index is 13.6. The number of aliphatic hydroxyl groups excluding tert-OH is 1. The molecule has 2 aromatic rings. The fourth-order valence-electron chi connectivity index (χ4n) is 1.79. The number of aromatic nitrogens is 1. The Morgan fingerprint density at radius 3 is 2.80 bits per heavy atom. The molecule has 3 nitrogen and oxygen atoms in total. The van der Waals surface area contributed by atoms with Crippen LogP contribution in [-0.4, -0.2) is 16.7 Å². The first kappa shape index (κ1) is 14.4. The van der Waals surface area contributed by atoms with Gasteiger partial charge in [0.05, 0.1) is 12.8 Å². The van der Waals surface area contributed by atoms with E-state index in [1.54, 1.807) is 6.07 Å². The van der Waals surface area contributed by atoms with Crippen molar-refractivity contribution in [1.82, 2.24) is 4.98 Å². The van der Waals surface area contributed by atoms with Crippen LogP contribution in [0.25, 0.3) is 0 Å². The summed E-state index contributed by atoms with van der Waals surface area (Å²) in [5, 5.41) is 10.1. The van der Waals surface area contributed by atoms with Crippen LogP contribution in [0, 0.1) is 11.6 Å². The molecule has 1 atom stereocenters. The molecule has 1 unspecified atom stereocenters. The van der Waals surface area contributed by atoms with E-state index < -0.39 is 17.7 Å². The predicted octanol–water partition coefficient (Wildman–Crippen LogP) is 3.23. The molecule has 0 aliphatic carbocycles. The number of rotatable bonds is 5. The SMILES string of the molecule is CCCOc1cncc(C(O)c2cc(F)ccc2F)c1. The van der Waals surface area contributed by atoms with Gasteiger partial charge in [0, 0.05) is 17.3 Å². The highest BCUT2D eigenvalue weighted by atomic mass is 19.1. The lowest BCUT2D eigenvalue weighted by atomic mass is 10.0. The molecule has 5 heteroatoms. The van der Waals surface area contributed by atoms with Crippen molar-refractivity contribution in [1.29, 1.82) is 0 Å². The van der Waals surface area contributed by atoms with Crippen molar-refractivity contribution in [3.63, 3.8) is 0 Å². The van der Waals surface area contributed by atoms with E-state index in [0.29, 0.717) is 17.9 Å². The average Bonchev–Trinajstić information content (AvgIpc) is 2.47. The minimum atomic E-state index is -1.29. The topological polar surface area (TPSA) is 42.4 Å². The summed E-state index contributed by atoms with van der Waals surface area (Å²) >= 11 is 0. The largest absolute Gasteiger partial charge is 0.492 e. The summed E-state index contributed by atoms with van der Waals surface area (Å²) in [5.41, 5.74) is 0.225. The number of hydrogen-bond donors (Lipinski definition) is 1. The number of hydrogen-bond acceptors (Lipinski definition) is 3. The zero-order chi connectivity index (χ0) is 14.5. The van der Waals surface area contributed by atoms with Crippen molar-refractivity contribution in [2.45, 2.75) is 19.4 Å². The molecule has 0 amide bonds. The van der Waals surface area contributed by atoms with E-state index in [2.05, 4.69) is 4.98 Å². The fourth-order valence-corrected chi connectivity index (χ4v) is 1.79. The molecule has 1 heterocycles. The van der Waals surface area contributed by atoms with Gasteiger partial charge in [0.25, 0.3) is 0 Å². The van der Waals surface area contributed by atoms with Gasteiger partial charge in [0.2, 0.25) is 0 Å². The Hall–Kier alpha value is -2.01. The number of aliphatic hydroxyl groups is 1. The Morgan fingerprint density at radius 2 is 2.05 bits per heavy atom. The van der Waals surface area contributed by atoms with Crippen LogP contribution in [0.5, 0.6) is 5.75 Å². The monoisotopic (exact) mass is 279 g/mol.